The molecule has 0 aromatic rings. The van der Waals surface area contributed by atoms with E-state index in [-0.39, 0.29) is 0 Å². The minimum Gasteiger partial charge on any atom is -0.381 e. The second kappa shape index (κ2) is 8.89. The Labute approximate surface area is 113 Å². The first-order chi connectivity index (χ1) is 8.72. The van der Waals surface area contributed by atoms with Crippen LogP contribution in [0.3, 0.4) is 0 Å². The minimum absolute atomic E-state index is 0.649. The second-order valence-electron chi connectivity index (χ2n) is 5.59. The summed E-state index contributed by atoms with van der Waals surface area (Å²) in [5.74, 6) is 0.649. The molecule has 0 aromatic carbocycles. The highest BCUT2D eigenvalue weighted by Crippen LogP contribution is 2.18. The van der Waals surface area contributed by atoms with Gasteiger partial charge in [0.2, 0.25) is 0 Å². The van der Waals surface area contributed by atoms with Crippen LogP contribution in [0.4, 0.5) is 0 Å². The molecule has 1 fully saturated rings. The second-order valence-corrected chi connectivity index (χ2v) is 5.59. The van der Waals surface area contributed by atoms with Crippen LogP contribution in [-0.2, 0) is 4.74 Å². The Kier molecular flexibility index (Phi) is 7.87. The molecule has 1 saturated heterocycles. The SMILES string of the molecule is CCCNC1CCOCC1CN(C)C(CC)CC. The van der Waals surface area contributed by atoms with Crippen LogP contribution in [0.2, 0.25) is 0 Å². The lowest BCUT2D eigenvalue weighted by Crippen LogP contribution is -2.48. The monoisotopic (exact) mass is 256 g/mol. The average Bonchev–Trinajstić information content (AvgIpc) is 2.39. The summed E-state index contributed by atoms with van der Waals surface area (Å²) in [4.78, 5) is 2.53. The molecular weight excluding hydrogens is 224 g/mol. The molecule has 2 unspecified atom stereocenters. The van der Waals surface area contributed by atoms with Gasteiger partial charge in [-0.05, 0) is 39.3 Å². The number of rotatable bonds is 8. The van der Waals surface area contributed by atoms with Crippen molar-refractivity contribution in [2.75, 3.05) is 33.4 Å². The van der Waals surface area contributed by atoms with Crippen molar-refractivity contribution in [3.05, 3.63) is 0 Å². The Morgan fingerprint density at radius 3 is 2.61 bits per heavy atom. The van der Waals surface area contributed by atoms with Gasteiger partial charge < -0.3 is 15.0 Å². The van der Waals surface area contributed by atoms with Crippen molar-refractivity contribution in [2.45, 2.75) is 58.5 Å². The number of nitrogens with one attached hydrogen (secondary N) is 1. The maximum atomic E-state index is 5.67. The predicted molar refractivity (Wildman–Crippen MR) is 78.0 cm³/mol. The van der Waals surface area contributed by atoms with Crippen molar-refractivity contribution < 1.29 is 4.74 Å². The summed E-state index contributed by atoms with van der Waals surface area (Å²) >= 11 is 0. The van der Waals surface area contributed by atoms with E-state index in [1.54, 1.807) is 0 Å². The van der Waals surface area contributed by atoms with Crippen LogP contribution in [0.1, 0.15) is 46.5 Å². The van der Waals surface area contributed by atoms with Crippen LogP contribution in [0.15, 0.2) is 0 Å². The molecule has 2 atom stereocenters. The highest BCUT2D eigenvalue weighted by molar-refractivity contribution is 4.82. The summed E-state index contributed by atoms with van der Waals surface area (Å²) < 4.78 is 5.67. The van der Waals surface area contributed by atoms with Crippen molar-refractivity contribution in [3.63, 3.8) is 0 Å². The Morgan fingerprint density at radius 2 is 2.00 bits per heavy atom. The molecule has 0 saturated carbocycles. The van der Waals surface area contributed by atoms with Gasteiger partial charge in [-0.25, -0.2) is 0 Å². The molecule has 0 aliphatic carbocycles. The fraction of sp³-hybridized carbons (Fsp3) is 1.00. The Hall–Kier alpha value is -0.120. The third-order valence-corrected chi connectivity index (χ3v) is 4.22. The van der Waals surface area contributed by atoms with Crippen LogP contribution in [0.5, 0.6) is 0 Å². The highest BCUT2D eigenvalue weighted by Gasteiger charge is 2.27. The van der Waals surface area contributed by atoms with E-state index in [9.17, 15) is 0 Å². The molecule has 1 aliphatic heterocycles. The highest BCUT2D eigenvalue weighted by atomic mass is 16.5. The molecule has 0 aromatic heterocycles. The van der Waals surface area contributed by atoms with Gasteiger partial charge in [-0.15, -0.1) is 0 Å². The average molecular weight is 256 g/mol. The summed E-state index contributed by atoms with van der Waals surface area (Å²) in [7, 11) is 2.27. The van der Waals surface area contributed by atoms with Gasteiger partial charge in [-0.3, -0.25) is 0 Å². The summed E-state index contributed by atoms with van der Waals surface area (Å²) in [5.41, 5.74) is 0. The Morgan fingerprint density at radius 1 is 1.28 bits per heavy atom. The van der Waals surface area contributed by atoms with E-state index >= 15 is 0 Å². The quantitative estimate of drug-likeness (QED) is 0.722. The zero-order chi connectivity index (χ0) is 13.4. The molecule has 1 heterocycles. The molecule has 0 bridgehead atoms. The fourth-order valence-electron chi connectivity index (χ4n) is 3.01. The Balaban J connectivity index is 2.45. The van der Waals surface area contributed by atoms with Crippen molar-refractivity contribution in [2.24, 2.45) is 5.92 Å². The molecule has 3 nitrogen and oxygen atoms in total. The van der Waals surface area contributed by atoms with E-state index in [0.29, 0.717) is 12.0 Å². The third kappa shape index (κ3) is 4.87. The molecule has 0 amide bonds. The van der Waals surface area contributed by atoms with Crippen molar-refractivity contribution in [1.29, 1.82) is 0 Å². The predicted octanol–water partition coefficient (Wildman–Crippen LogP) is 2.51. The van der Waals surface area contributed by atoms with E-state index < -0.39 is 0 Å². The molecule has 1 rings (SSSR count). The molecular formula is C15H32N2O. The molecule has 1 aliphatic rings. The zero-order valence-corrected chi connectivity index (χ0v) is 12.7. The largest absolute Gasteiger partial charge is 0.381 e. The molecule has 18 heavy (non-hydrogen) atoms. The van der Waals surface area contributed by atoms with Crippen LogP contribution in [0.25, 0.3) is 0 Å². The van der Waals surface area contributed by atoms with Crippen molar-refractivity contribution >= 4 is 0 Å². The number of ether oxygens (including phenoxy) is 1. The smallest absolute Gasteiger partial charge is 0.0521 e. The third-order valence-electron chi connectivity index (χ3n) is 4.22. The number of hydrogen-bond donors (Lipinski definition) is 1. The number of nitrogens with zero attached hydrogens (tertiary/aromatic N) is 1. The first-order valence-electron chi connectivity index (χ1n) is 7.74. The lowest BCUT2D eigenvalue weighted by atomic mass is 9.94. The lowest BCUT2D eigenvalue weighted by molar-refractivity contribution is 0.0141. The fourth-order valence-corrected chi connectivity index (χ4v) is 3.01. The standard InChI is InChI=1S/C15H32N2O/c1-5-9-16-15-8-10-18-12-13(15)11-17(4)14(6-2)7-3/h13-16H,5-12H2,1-4H3. The van der Waals surface area contributed by atoms with Crippen molar-refractivity contribution in [3.8, 4) is 0 Å². The summed E-state index contributed by atoms with van der Waals surface area (Å²) in [6, 6.07) is 1.37. The summed E-state index contributed by atoms with van der Waals surface area (Å²) in [5, 5.41) is 3.70. The van der Waals surface area contributed by atoms with Gasteiger partial charge in [0.15, 0.2) is 0 Å². The number of hydrogen-bond acceptors (Lipinski definition) is 3. The topological polar surface area (TPSA) is 24.5 Å². The maximum Gasteiger partial charge on any atom is 0.0521 e. The van der Waals surface area contributed by atoms with Crippen LogP contribution >= 0.6 is 0 Å². The van der Waals surface area contributed by atoms with Crippen LogP contribution in [0, 0.1) is 5.92 Å². The van der Waals surface area contributed by atoms with Gasteiger partial charge in [-0.1, -0.05) is 20.8 Å². The first kappa shape index (κ1) is 15.9. The zero-order valence-electron chi connectivity index (χ0n) is 12.7. The van der Waals surface area contributed by atoms with Gasteiger partial charge >= 0.3 is 0 Å². The van der Waals surface area contributed by atoms with Gasteiger partial charge in [-0.2, -0.15) is 0 Å². The molecule has 1 N–H and O–H groups in total. The molecule has 0 radical (unpaired) electrons. The van der Waals surface area contributed by atoms with Crippen LogP contribution < -0.4 is 5.32 Å². The minimum atomic E-state index is 0.649. The van der Waals surface area contributed by atoms with Gasteiger partial charge in [0.05, 0.1) is 6.61 Å². The van der Waals surface area contributed by atoms with Gasteiger partial charge in [0.25, 0.3) is 0 Å². The van der Waals surface area contributed by atoms with Gasteiger partial charge in [0, 0.05) is 31.2 Å². The maximum absolute atomic E-state index is 5.67. The molecule has 108 valence electrons. The van der Waals surface area contributed by atoms with E-state index in [4.69, 9.17) is 4.74 Å². The molecule has 0 spiro atoms. The summed E-state index contributed by atoms with van der Waals surface area (Å²) in [6.45, 7) is 10.9. The van der Waals surface area contributed by atoms with E-state index in [1.165, 1.54) is 25.7 Å². The van der Waals surface area contributed by atoms with Crippen molar-refractivity contribution in [1.82, 2.24) is 10.2 Å². The van der Waals surface area contributed by atoms with Crippen LogP contribution in [-0.4, -0.2) is 50.3 Å². The van der Waals surface area contributed by atoms with E-state index in [0.717, 1.165) is 32.3 Å². The van der Waals surface area contributed by atoms with E-state index in [2.05, 4.69) is 38.0 Å². The van der Waals surface area contributed by atoms with E-state index in [1.807, 2.05) is 0 Å². The first-order valence-corrected chi connectivity index (χ1v) is 7.74. The Bertz CT molecular complexity index is 207. The summed E-state index contributed by atoms with van der Waals surface area (Å²) in [6.07, 6.45) is 4.87. The lowest BCUT2D eigenvalue weighted by Gasteiger charge is -2.37. The van der Waals surface area contributed by atoms with Gasteiger partial charge in [0.1, 0.15) is 0 Å². The normalized spacial score (nSPS) is 25.0. The molecule has 3 heteroatoms.